The highest BCUT2D eigenvalue weighted by Gasteiger charge is 2.25. The molecule has 0 saturated heterocycles. The van der Waals surface area contributed by atoms with Crippen LogP contribution in [-0.2, 0) is 15.8 Å². The van der Waals surface area contributed by atoms with Crippen LogP contribution >= 0.6 is 0 Å². The zero-order chi connectivity index (χ0) is 10.7. The van der Waals surface area contributed by atoms with Gasteiger partial charge in [-0.2, -0.15) is 0 Å². The van der Waals surface area contributed by atoms with Crippen LogP contribution in [0.3, 0.4) is 0 Å². The number of carbonyl (C=O) groups excluding carboxylic acids is 1. The van der Waals surface area contributed by atoms with Crippen molar-refractivity contribution in [2.24, 2.45) is 0 Å². The van der Waals surface area contributed by atoms with Gasteiger partial charge in [0.25, 0.3) is 0 Å². The summed E-state index contributed by atoms with van der Waals surface area (Å²) in [4.78, 5) is 11.0. The normalized spacial score (nSPS) is 27.1. The quantitative estimate of drug-likeness (QED) is 0.800. The van der Waals surface area contributed by atoms with Gasteiger partial charge in [0.05, 0.1) is 11.0 Å². The van der Waals surface area contributed by atoms with Crippen molar-refractivity contribution in [2.45, 2.75) is 62.7 Å². The molecule has 2 fully saturated rings. The largest absolute Gasteiger partial charge is 0.300 e. The number of ketones is 1. The van der Waals surface area contributed by atoms with Crippen LogP contribution in [0.15, 0.2) is 0 Å². The molecule has 15 heavy (non-hydrogen) atoms. The molecule has 1 atom stereocenters. The molecule has 2 aliphatic carbocycles. The molecule has 2 rings (SSSR count). The van der Waals surface area contributed by atoms with Gasteiger partial charge in [-0.25, -0.2) is 8.93 Å². The fraction of sp³-hybridized carbons (Fsp3) is 0.909. The fourth-order valence-electron chi connectivity index (χ4n) is 2.42. The Bertz CT molecular complexity index is 251. The summed E-state index contributed by atoms with van der Waals surface area (Å²) < 4.78 is 15.1. The van der Waals surface area contributed by atoms with Crippen LogP contribution in [0.5, 0.6) is 0 Å². The molecule has 2 saturated carbocycles. The second kappa shape index (κ2) is 5.21. The first-order valence-electron chi connectivity index (χ1n) is 5.94. The van der Waals surface area contributed by atoms with Gasteiger partial charge in [0.2, 0.25) is 0 Å². The number of nitrogens with one attached hydrogen (secondary N) is 1. The first-order chi connectivity index (χ1) is 7.25. The Hall–Kier alpha value is -0.220. The molecule has 0 radical (unpaired) electrons. The van der Waals surface area contributed by atoms with Crippen molar-refractivity contribution >= 4 is 16.8 Å². The molecule has 1 N–H and O–H groups in total. The number of hydrogen-bond acceptors (Lipinski definition) is 2. The minimum Gasteiger partial charge on any atom is -0.300 e. The molecule has 0 aliphatic heterocycles. The summed E-state index contributed by atoms with van der Waals surface area (Å²) in [6.07, 6.45) is 7.73. The van der Waals surface area contributed by atoms with Gasteiger partial charge < -0.3 is 0 Å². The number of hydrogen-bond donors (Lipinski definition) is 1. The van der Waals surface area contributed by atoms with E-state index in [4.69, 9.17) is 0 Å². The van der Waals surface area contributed by atoms with Crippen LogP contribution in [0.25, 0.3) is 0 Å². The number of rotatable bonds is 3. The Morgan fingerprint density at radius 2 is 1.67 bits per heavy atom. The highest BCUT2D eigenvalue weighted by atomic mass is 32.2. The van der Waals surface area contributed by atoms with E-state index in [1.165, 1.54) is 12.8 Å². The van der Waals surface area contributed by atoms with Crippen LogP contribution < -0.4 is 4.72 Å². The van der Waals surface area contributed by atoms with Crippen molar-refractivity contribution in [1.82, 2.24) is 4.72 Å². The molecular formula is C11H19NO2S. The monoisotopic (exact) mass is 229 g/mol. The summed E-state index contributed by atoms with van der Waals surface area (Å²) in [5.74, 6) is 0.361. The lowest BCUT2D eigenvalue weighted by molar-refractivity contribution is -0.120. The minimum atomic E-state index is -0.865. The molecule has 86 valence electrons. The van der Waals surface area contributed by atoms with Crippen molar-refractivity contribution < 1.29 is 9.00 Å². The molecule has 0 spiro atoms. The highest BCUT2D eigenvalue weighted by molar-refractivity contribution is 7.83. The Kier molecular flexibility index (Phi) is 3.92. The zero-order valence-corrected chi connectivity index (χ0v) is 9.85. The average molecular weight is 229 g/mol. The average Bonchev–Trinajstić information content (AvgIpc) is 2.74. The Morgan fingerprint density at radius 3 is 2.27 bits per heavy atom. The van der Waals surface area contributed by atoms with E-state index in [2.05, 4.69) is 4.72 Å². The third kappa shape index (κ3) is 3.11. The van der Waals surface area contributed by atoms with Crippen molar-refractivity contribution in [2.75, 3.05) is 0 Å². The maximum Gasteiger partial charge on any atom is 0.133 e. The lowest BCUT2D eigenvalue weighted by Crippen LogP contribution is -2.38. The van der Waals surface area contributed by atoms with Crippen molar-refractivity contribution in [1.29, 1.82) is 0 Å². The predicted molar refractivity (Wildman–Crippen MR) is 60.8 cm³/mol. The summed E-state index contributed by atoms with van der Waals surface area (Å²) in [5, 5.41) is 0.364. The van der Waals surface area contributed by atoms with Crippen molar-refractivity contribution in [3.63, 3.8) is 0 Å². The van der Waals surface area contributed by atoms with Gasteiger partial charge in [-0.15, -0.1) is 0 Å². The molecule has 0 heterocycles. The van der Waals surface area contributed by atoms with E-state index < -0.39 is 11.0 Å². The summed E-state index contributed by atoms with van der Waals surface area (Å²) in [6.45, 7) is 0. The summed E-state index contributed by atoms with van der Waals surface area (Å²) in [5.41, 5.74) is 0. The maximum absolute atomic E-state index is 11.9. The molecule has 0 aromatic rings. The molecule has 4 heteroatoms. The maximum atomic E-state index is 11.9. The number of carbonyl (C=O) groups is 1. The lowest BCUT2D eigenvalue weighted by Gasteiger charge is -2.23. The SMILES string of the molecule is O=C1CCC(NS(=O)C2CCCC2)CC1. The van der Waals surface area contributed by atoms with Gasteiger partial charge in [-0.1, -0.05) is 12.8 Å². The molecule has 0 aromatic heterocycles. The smallest absolute Gasteiger partial charge is 0.133 e. The number of Topliss-reactive ketones (excluding diaryl/α,β-unsaturated/α-hetero) is 1. The predicted octanol–water partition coefficient (Wildman–Crippen LogP) is 1.69. The van der Waals surface area contributed by atoms with Gasteiger partial charge >= 0.3 is 0 Å². The second-order valence-electron chi connectivity index (χ2n) is 4.63. The Balaban J connectivity index is 1.76. The van der Waals surface area contributed by atoms with E-state index in [9.17, 15) is 9.00 Å². The van der Waals surface area contributed by atoms with Crippen LogP contribution in [0.2, 0.25) is 0 Å². The molecule has 1 unspecified atom stereocenters. The Labute approximate surface area is 93.6 Å². The van der Waals surface area contributed by atoms with Gasteiger partial charge in [-0.05, 0) is 25.7 Å². The van der Waals surface area contributed by atoms with Crippen molar-refractivity contribution in [3.8, 4) is 0 Å². The third-order valence-corrected chi connectivity index (χ3v) is 5.07. The van der Waals surface area contributed by atoms with E-state index in [0.717, 1.165) is 25.7 Å². The van der Waals surface area contributed by atoms with Gasteiger partial charge in [-0.3, -0.25) is 4.79 Å². The first kappa shape index (κ1) is 11.3. The van der Waals surface area contributed by atoms with Crippen LogP contribution in [0, 0.1) is 0 Å². The van der Waals surface area contributed by atoms with Crippen LogP contribution in [0.1, 0.15) is 51.4 Å². The zero-order valence-electron chi connectivity index (χ0n) is 9.04. The summed E-state index contributed by atoms with van der Waals surface area (Å²) in [7, 11) is -0.865. The molecule has 0 amide bonds. The van der Waals surface area contributed by atoms with Crippen LogP contribution in [-0.4, -0.2) is 21.3 Å². The second-order valence-corrected chi connectivity index (χ2v) is 6.13. The first-order valence-corrected chi connectivity index (χ1v) is 7.15. The van der Waals surface area contributed by atoms with E-state index in [-0.39, 0.29) is 0 Å². The summed E-state index contributed by atoms with van der Waals surface area (Å²) >= 11 is 0. The van der Waals surface area contributed by atoms with Gasteiger partial charge in [0, 0.05) is 24.1 Å². The molecule has 2 aliphatic rings. The van der Waals surface area contributed by atoms with Gasteiger partial charge in [0.1, 0.15) is 5.78 Å². The topological polar surface area (TPSA) is 46.2 Å². The standard InChI is InChI=1S/C11H19NO2S/c13-10-7-5-9(6-8-10)12-15(14)11-3-1-2-4-11/h9,11-12H,1-8H2. The molecular weight excluding hydrogens is 210 g/mol. The molecule has 0 aromatic carbocycles. The Morgan fingerprint density at radius 1 is 1.07 bits per heavy atom. The highest BCUT2D eigenvalue weighted by Crippen LogP contribution is 2.23. The minimum absolute atomic E-state index is 0.309. The van der Waals surface area contributed by atoms with E-state index in [1.54, 1.807) is 0 Å². The van der Waals surface area contributed by atoms with E-state index in [0.29, 0.717) is 29.9 Å². The van der Waals surface area contributed by atoms with E-state index >= 15 is 0 Å². The van der Waals surface area contributed by atoms with Gasteiger partial charge in [0.15, 0.2) is 0 Å². The molecule has 3 nitrogen and oxygen atoms in total. The summed E-state index contributed by atoms with van der Waals surface area (Å²) in [6, 6.07) is 0.309. The lowest BCUT2D eigenvalue weighted by atomic mass is 9.95. The molecule has 0 bridgehead atoms. The van der Waals surface area contributed by atoms with Crippen molar-refractivity contribution in [3.05, 3.63) is 0 Å². The third-order valence-electron chi connectivity index (χ3n) is 3.43. The van der Waals surface area contributed by atoms with Crippen LogP contribution in [0.4, 0.5) is 0 Å². The van der Waals surface area contributed by atoms with E-state index in [1.807, 2.05) is 0 Å². The fourth-order valence-corrected chi connectivity index (χ4v) is 3.94.